The Balaban J connectivity index is 2.69. The van der Waals surface area contributed by atoms with Gasteiger partial charge in [-0.2, -0.15) is 0 Å². The van der Waals surface area contributed by atoms with Gasteiger partial charge < -0.3 is 0 Å². The molecule has 0 radical (unpaired) electrons. The van der Waals surface area contributed by atoms with E-state index in [1.165, 1.54) is 37.2 Å². The molecule has 0 spiro atoms. The van der Waals surface area contributed by atoms with Crippen LogP contribution in [-0.4, -0.2) is 24.2 Å². The van der Waals surface area contributed by atoms with Crippen molar-refractivity contribution < 1.29 is 0 Å². The van der Waals surface area contributed by atoms with E-state index >= 15 is 0 Å². The summed E-state index contributed by atoms with van der Waals surface area (Å²) in [6.07, 6.45) is 5.51. The molecule has 0 aliphatic heterocycles. The molecule has 0 aliphatic carbocycles. The van der Waals surface area contributed by atoms with Crippen molar-refractivity contribution in [2.24, 2.45) is 0 Å². The zero-order chi connectivity index (χ0) is 8.36. The summed E-state index contributed by atoms with van der Waals surface area (Å²) in [5.74, 6) is 2.77. The molecule has 0 atom stereocenters. The number of hydrogen-bond acceptors (Lipinski definition) is 2. The molecular weight excluding hydrogens is 239 g/mol. The first-order valence-electron chi connectivity index (χ1n) is 4.32. The predicted molar refractivity (Wildman–Crippen MR) is 60.5 cm³/mol. The summed E-state index contributed by atoms with van der Waals surface area (Å²) >= 11 is 0.810. The molecule has 0 bridgehead atoms. The van der Waals surface area contributed by atoms with Crippen molar-refractivity contribution in [2.45, 2.75) is 39.5 Å². The van der Waals surface area contributed by atoms with Crippen LogP contribution in [0.3, 0.4) is 0 Å². The SMILES string of the molecule is CCCCS[Se]SCCCC. The van der Waals surface area contributed by atoms with Gasteiger partial charge in [-0.15, -0.1) is 0 Å². The van der Waals surface area contributed by atoms with Crippen LogP contribution in [0.1, 0.15) is 39.5 Å². The summed E-state index contributed by atoms with van der Waals surface area (Å²) in [7, 11) is 4.31. The maximum absolute atomic E-state index is 2.26. The van der Waals surface area contributed by atoms with Gasteiger partial charge >= 0.3 is 84.1 Å². The molecule has 3 heteroatoms. The monoisotopic (exact) mass is 258 g/mol. The quantitative estimate of drug-likeness (QED) is 0.481. The molecule has 0 aromatic rings. The Hall–Kier alpha value is 1.22. The molecule has 0 N–H and O–H groups in total. The van der Waals surface area contributed by atoms with Crippen LogP contribution in [0.2, 0.25) is 0 Å². The Bertz CT molecular complexity index is 61.1. The summed E-state index contributed by atoms with van der Waals surface area (Å²) in [6, 6.07) is 0. The maximum atomic E-state index is 2.26. The van der Waals surface area contributed by atoms with Crippen molar-refractivity contribution in [2.75, 3.05) is 11.5 Å². The van der Waals surface area contributed by atoms with Gasteiger partial charge in [-0.3, -0.25) is 0 Å². The van der Waals surface area contributed by atoms with Crippen LogP contribution in [0.4, 0.5) is 0 Å². The van der Waals surface area contributed by atoms with Gasteiger partial charge in [-0.1, -0.05) is 0 Å². The van der Waals surface area contributed by atoms with E-state index in [0.717, 1.165) is 12.7 Å². The van der Waals surface area contributed by atoms with Gasteiger partial charge in [-0.25, -0.2) is 0 Å². The summed E-state index contributed by atoms with van der Waals surface area (Å²) in [4.78, 5) is 0. The molecule has 0 saturated carbocycles. The van der Waals surface area contributed by atoms with E-state index in [4.69, 9.17) is 0 Å². The second kappa shape index (κ2) is 11.2. The van der Waals surface area contributed by atoms with Gasteiger partial charge in [0, 0.05) is 0 Å². The summed E-state index contributed by atoms with van der Waals surface area (Å²) < 4.78 is 0. The first-order valence-corrected chi connectivity index (χ1v) is 10.3. The molecule has 0 unspecified atom stereocenters. The van der Waals surface area contributed by atoms with Crippen molar-refractivity contribution >= 4 is 33.1 Å². The molecule has 0 aromatic carbocycles. The normalized spacial score (nSPS) is 10.4. The van der Waals surface area contributed by atoms with Crippen LogP contribution in [0.5, 0.6) is 0 Å². The third-order valence-electron chi connectivity index (χ3n) is 1.26. The molecule has 0 rings (SSSR count). The molecule has 0 saturated heterocycles. The van der Waals surface area contributed by atoms with Crippen molar-refractivity contribution in [3.05, 3.63) is 0 Å². The van der Waals surface area contributed by atoms with Crippen molar-refractivity contribution in [3.63, 3.8) is 0 Å². The van der Waals surface area contributed by atoms with Gasteiger partial charge in [0.25, 0.3) is 0 Å². The summed E-state index contributed by atoms with van der Waals surface area (Å²) in [5, 5.41) is 0. The Labute approximate surface area is 84.0 Å². The minimum atomic E-state index is 0.810. The third kappa shape index (κ3) is 11.2. The first kappa shape index (κ1) is 12.2. The van der Waals surface area contributed by atoms with Gasteiger partial charge in [0.05, 0.1) is 0 Å². The number of rotatable bonds is 8. The molecule has 0 amide bonds. The minimum absolute atomic E-state index is 0.810. The van der Waals surface area contributed by atoms with E-state index in [1.54, 1.807) is 0 Å². The topological polar surface area (TPSA) is 0 Å². The van der Waals surface area contributed by atoms with E-state index in [2.05, 4.69) is 34.2 Å². The molecule has 0 nitrogen and oxygen atoms in total. The summed E-state index contributed by atoms with van der Waals surface area (Å²) in [6.45, 7) is 4.52. The second-order valence-electron chi connectivity index (χ2n) is 2.42. The molecule has 0 fully saturated rings. The zero-order valence-electron chi connectivity index (χ0n) is 7.47. The van der Waals surface area contributed by atoms with Crippen LogP contribution < -0.4 is 0 Å². The van der Waals surface area contributed by atoms with E-state index < -0.39 is 0 Å². The number of unbranched alkanes of at least 4 members (excludes halogenated alkanes) is 2. The Morgan fingerprint density at radius 2 is 1.36 bits per heavy atom. The molecule has 68 valence electrons. The molecule has 0 aliphatic rings. The van der Waals surface area contributed by atoms with Gasteiger partial charge in [0.2, 0.25) is 0 Å². The fourth-order valence-electron chi connectivity index (χ4n) is 0.509. The van der Waals surface area contributed by atoms with Crippen molar-refractivity contribution in [1.29, 1.82) is 0 Å². The van der Waals surface area contributed by atoms with Gasteiger partial charge in [-0.05, 0) is 0 Å². The van der Waals surface area contributed by atoms with Crippen LogP contribution >= 0.6 is 20.4 Å². The average molecular weight is 257 g/mol. The van der Waals surface area contributed by atoms with E-state index in [1.807, 2.05) is 0 Å². The van der Waals surface area contributed by atoms with Crippen LogP contribution in [0, 0.1) is 0 Å². The molecule has 0 heterocycles. The Kier molecular flexibility index (Phi) is 12.5. The Morgan fingerprint density at radius 1 is 0.909 bits per heavy atom. The first-order chi connectivity index (χ1) is 5.41. The molecule has 11 heavy (non-hydrogen) atoms. The van der Waals surface area contributed by atoms with Crippen molar-refractivity contribution in [3.8, 4) is 0 Å². The van der Waals surface area contributed by atoms with Crippen LogP contribution in [-0.2, 0) is 0 Å². The fraction of sp³-hybridized carbons (Fsp3) is 1.00. The van der Waals surface area contributed by atoms with Crippen LogP contribution in [0.25, 0.3) is 0 Å². The van der Waals surface area contributed by atoms with Crippen molar-refractivity contribution in [1.82, 2.24) is 0 Å². The van der Waals surface area contributed by atoms with E-state index in [9.17, 15) is 0 Å². The number of hydrogen-bond donors (Lipinski definition) is 0. The second-order valence-corrected chi connectivity index (χ2v) is 9.79. The predicted octanol–water partition coefficient (Wildman–Crippen LogP) is 3.59. The summed E-state index contributed by atoms with van der Waals surface area (Å²) in [5.41, 5.74) is 0. The average Bonchev–Trinajstić information content (AvgIpc) is 2.03. The van der Waals surface area contributed by atoms with Crippen LogP contribution in [0.15, 0.2) is 0 Å². The van der Waals surface area contributed by atoms with Gasteiger partial charge in [0.15, 0.2) is 0 Å². The Morgan fingerprint density at radius 3 is 1.73 bits per heavy atom. The molecule has 0 aromatic heterocycles. The molecular formula is C8H18S2Se. The van der Waals surface area contributed by atoms with E-state index in [0.29, 0.717) is 0 Å². The van der Waals surface area contributed by atoms with Gasteiger partial charge in [0.1, 0.15) is 0 Å². The fourth-order valence-corrected chi connectivity index (χ4v) is 7.48. The standard InChI is InChI=1S/C8H18S2Se/c1-3-5-7-9-11-10-8-6-4-2/h3-8H2,1-2H3. The van der Waals surface area contributed by atoms with E-state index in [-0.39, 0.29) is 0 Å². The third-order valence-corrected chi connectivity index (χ3v) is 8.67. The zero-order valence-corrected chi connectivity index (χ0v) is 10.8.